The van der Waals surface area contributed by atoms with Crippen LogP contribution < -0.4 is 10.6 Å². The predicted molar refractivity (Wildman–Crippen MR) is 133 cm³/mol. The van der Waals surface area contributed by atoms with Crippen LogP contribution in [-0.2, 0) is 9.47 Å². The van der Waals surface area contributed by atoms with Gasteiger partial charge in [0.25, 0.3) is 11.8 Å². The second kappa shape index (κ2) is 12.6. The van der Waals surface area contributed by atoms with E-state index in [9.17, 15) is 19.2 Å². The molecule has 1 saturated heterocycles. The van der Waals surface area contributed by atoms with Crippen LogP contribution in [0.15, 0.2) is 6.33 Å². The van der Waals surface area contributed by atoms with E-state index in [0.29, 0.717) is 45.7 Å². The van der Waals surface area contributed by atoms with Crippen molar-refractivity contribution in [3.63, 3.8) is 0 Å². The normalized spacial score (nSPS) is 14.3. The largest absolute Gasteiger partial charge is 0.444 e. The Morgan fingerprint density at radius 2 is 1.42 bits per heavy atom. The third-order valence-electron chi connectivity index (χ3n) is 5.09. The van der Waals surface area contributed by atoms with Gasteiger partial charge < -0.3 is 34.9 Å². The Bertz CT molecular complexity index is 909. The summed E-state index contributed by atoms with van der Waals surface area (Å²) in [5.74, 6) is -0.770. The fourth-order valence-corrected chi connectivity index (χ4v) is 3.42. The number of H-pyrrole nitrogens is 1. The summed E-state index contributed by atoms with van der Waals surface area (Å²) in [4.78, 5) is 59.4. The SMILES string of the molecule is CC(C)(C)OC(=O)NCCCCCNC(=O)c1nc[nH]c1C(=O)N1CCN(C(=O)OC(C)(C)C)CC1. The lowest BCUT2D eigenvalue weighted by Crippen LogP contribution is -2.51. The van der Waals surface area contributed by atoms with E-state index >= 15 is 0 Å². The highest BCUT2D eigenvalue weighted by atomic mass is 16.6. The van der Waals surface area contributed by atoms with Crippen LogP contribution in [0.2, 0.25) is 0 Å². The second-order valence-electron chi connectivity index (χ2n) is 10.6. The fraction of sp³-hybridized carbons (Fsp3) is 0.708. The molecule has 0 bridgehead atoms. The van der Waals surface area contributed by atoms with E-state index in [1.807, 2.05) is 0 Å². The molecule has 3 N–H and O–H groups in total. The van der Waals surface area contributed by atoms with Crippen LogP contribution in [0.5, 0.6) is 0 Å². The maximum atomic E-state index is 13.0. The fourth-order valence-electron chi connectivity index (χ4n) is 3.42. The Morgan fingerprint density at radius 1 is 0.861 bits per heavy atom. The Morgan fingerprint density at radius 3 is 2.00 bits per heavy atom. The van der Waals surface area contributed by atoms with Crippen LogP contribution in [0.1, 0.15) is 81.8 Å². The van der Waals surface area contributed by atoms with E-state index < -0.39 is 29.3 Å². The number of hydrogen-bond acceptors (Lipinski definition) is 7. The van der Waals surface area contributed by atoms with Crippen LogP contribution in [0.4, 0.5) is 9.59 Å². The molecule has 0 spiro atoms. The molecule has 0 aromatic carbocycles. The van der Waals surface area contributed by atoms with Crippen LogP contribution in [0.25, 0.3) is 0 Å². The summed E-state index contributed by atoms with van der Waals surface area (Å²) in [7, 11) is 0. The quantitative estimate of drug-likeness (QED) is 0.457. The molecule has 1 aliphatic rings. The lowest BCUT2D eigenvalue weighted by molar-refractivity contribution is 0.0140. The minimum atomic E-state index is -0.584. The van der Waals surface area contributed by atoms with Gasteiger partial charge in [-0.1, -0.05) is 0 Å². The van der Waals surface area contributed by atoms with E-state index in [0.717, 1.165) is 12.8 Å². The van der Waals surface area contributed by atoms with Gasteiger partial charge in [-0.25, -0.2) is 14.6 Å². The van der Waals surface area contributed by atoms with Gasteiger partial charge in [0, 0.05) is 39.3 Å². The molecule has 4 amide bonds. The molecule has 1 fully saturated rings. The number of ether oxygens (including phenoxy) is 2. The Hall–Kier alpha value is -3.31. The van der Waals surface area contributed by atoms with Crippen LogP contribution in [0, 0.1) is 0 Å². The predicted octanol–water partition coefficient (Wildman–Crippen LogP) is 2.53. The van der Waals surface area contributed by atoms with Crippen molar-refractivity contribution < 1.29 is 28.7 Å². The molecule has 0 aliphatic carbocycles. The van der Waals surface area contributed by atoms with E-state index in [4.69, 9.17) is 9.47 Å². The van der Waals surface area contributed by atoms with Gasteiger partial charge in [0.1, 0.15) is 16.9 Å². The van der Waals surface area contributed by atoms with E-state index in [1.165, 1.54) is 6.33 Å². The number of unbranched alkanes of at least 4 members (excludes halogenated alkanes) is 2. The molecule has 0 saturated carbocycles. The van der Waals surface area contributed by atoms with Crippen molar-refractivity contribution in [3.05, 3.63) is 17.7 Å². The molecule has 202 valence electrons. The number of imidazole rings is 1. The van der Waals surface area contributed by atoms with Crippen molar-refractivity contribution in [2.75, 3.05) is 39.3 Å². The summed E-state index contributed by atoms with van der Waals surface area (Å²) in [6.07, 6.45) is 2.72. The number of aromatic amines is 1. The molecule has 12 nitrogen and oxygen atoms in total. The molecule has 12 heteroatoms. The molecule has 2 rings (SSSR count). The first-order chi connectivity index (χ1) is 16.8. The van der Waals surface area contributed by atoms with E-state index in [2.05, 4.69) is 20.6 Å². The molecular formula is C24H40N6O6. The van der Waals surface area contributed by atoms with E-state index in [1.54, 1.807) is 51.3 Å². The van der Waals surface area contributed by atoms with Crippen molar-refractivity contribution in [1.82, 2.24) is 30.4 Å². The maximum absolute atomic E-state index is 13.0. The monoisotopic (exact) mass is 508 g/mol. The molecule has 1 aromatic heterocycles. The van der Waals surface area contributed by atoms with Crippen molar-refractivity contribution in [2.45, 2.75) is 72.0 Å². The summed E-state index contributed by atoms with van der Waals surface area (Å²) in [6.45, 7) is 13.1. The maximum Gasteiger partial charge on any atom is 0.410 e. The number of hydrogen-bond donors (Lipinski definition) is 3. The molecular weight excluding hydrogens is 468 g/mol. The van der Waals surface area contributed by atoms with Crippen LogP contribution in [-0.4, -0.2) is 94.2 Å². The zero-order valence-electron chi connectivity index (χ0n) is 22.2. The second-order valence-corrected chi connectivity index (χ2v) is 10.6. The number of aromatic nitrogens is 2. The smallest absolute Gasteiger partial charge is 0.410 e. The zero-order valence-corrected chi connectivity index (χ0v) is 22.2. The number of piperazine rings is 1. The minimum Gasteiger partial charge on any atom is -0.444 e. The van der Waals surface area contributed by atoms with Crippen LogP contribution in [0.3, 0.4) is 0 Å². The Balaban J connectivity index is 1.72. The number of alkyl carbamates (subject to hydrolysis) is 1. The van der Waals surface area contributed by atoms with Gasteiger partial charge in [-0.2, -0.15) is 0 Å². The Labute approximate surface area is 212 Å². The van der Waals surface area contributed by atoms with Crippen LogP contribution >= 0.6 is 0 Å². The average Bonchev–Trinajstić information content (AvgIpc) is 3.25. The summed E-state index contributed by atoms with van der Waals surface area (Å²) in [5, 5.41) is 5.48. The molecule has 0 atom stereocenters. The average molecular weight is 509 g/mol. The number of nitrogens with one attached hydrogen (secondary N) is 3. The highest BCUT2D eigenvalue weighted by Crippen LogP contribution is 2.14. The summed E-state index contributed by atoms with van der Waals surface area (Å²) in [5.41, 5.74) is -0.949. The van der Waals surface area contributed by atoms with Gasteiger partial charge in [-0.15, -0.1) is 0 Å². The highest BCUT2D eigenvalue weighted by Gasteiger charge is 2.30. The topological polar surface area (TPSA) is 146 Å². The Kier molecular flexibility index (Phi) is 10.1. The van der Waals surface area contributed by atoms with Gasteiger partial charge in [-0.05, 0) is 60.8 Å². The number of rotatable bonds is 8. The highest BCUT2D eigenvalue weighted by molar-refractivity contribution is 6.04. The number of carbonyl (C=O) groups is 4. The lowest BCUT2D eigenvalue weighted by atomic mass is 10.2. The van der Waals surface area contributed by atoms with E-state index in [-0.39, 0.29) is 17.3 Å². The van der Waals surface area contributed by atoms with Gasteiger partial charge in [0.15, 0.2) is 5.69 Å². The van der Waals surface area contributed by atoms with Crippen molar-refractivity contribution in [2.24, 2.45) is 0 Å². The molecule has 2 heterocycles. The molecule has 0 unspecified atom stereocenters. The van der Waals surface area contributed by atoms with Crippen molar-refractivity contribution in [1.29, 1.82) is 0 Å². The first-order valence-corrected chi connectivity index (χ1v) is 12.3. The molecule has 0 radical (unpaired) electrons. The van der Waals surface area contributed by atoms with Gasteiger partial charge >= 0.3 is 12.2 Å². The number of nitrogens with zero attached hydrogens (tertiary/aromatic N) is 3. The first kappa shape index (κ1) is 28.9. The number of carbonyl (C=O) groups excluding carboxylic acids is 4. The standard InChI is InChI=1S/C24H40N6O6/c1-23(2,3)35-21(33)26-11-9-7-8-10-25-19(31)17-18(28-16-27-17)20(32)29-12-14-30(15-13-29)22(34)36-24(4,5)6/h16H,7-15H2,1-6H3,(H,25,31)(H,26,33)(H,27,28). The summed E-state index contributed by atoms with van der Waals surface area (Å²) >= 11 is 0. The molecule has 1 aliphatic heterocycles. The zero-order chi connectivity index (χ0) is 26.9. The van der Waals surface area contributed by atoms with Gasteiger partial charge in [0.2, 0.25) is 0 Å². The third kappa shape index (κ3) is 9.74. The van der Waals surface area contributed by atoms with Crippen molar-refractivity contribution in [3.8, 4) is 0 Å². The summed E-state index contributed by atoms with van der Waals surface area (Å²) < 4.78 is 10.6. The first-order valence-electron chi connectivity index (χ1n) is 12.3. The van der Waals surface area contributed by atoms with Gasteiger partial charge in [-0.3, -0.25) is 9.59 Å². The minimum absolute atomic E-state index is 0.0427. The molecule has 1 aromatic rings. The lowest BCUT2D eigenvalue weighted by Gasteiger charge is -2.35. The summed E-state index contributed by atoms with van der Waals surface area (Å²) in [6, 6.07) is 0. The number of amides is 4. The van der Waals surface area contributed by atoms with Crippen molar-refractivity contribution >= 4 is 24.0 Å². The molecule has 36 heavy (non-hydrogen) atoms. The van der Waals surface area contributed by atoms with Gasteiger partial charge in [0.05, 0.1) is 6.33 Å². The third-order valence-corrected chi connectivity index (χ3v) is 5.09.